The summed E-state index contributed by atoms with van der Waals surface area (Å²) in [5.41, 5.74) is 1.27. The first-order valence-electron chi connectivity index (χ1n) is 10.1. The van der Waals surface area contributed by atoms with E-state index < -0.39 is 18.4 Å². The monoisotopic (exact) mass is 431 g/mol. The first kappa shape index (κ1) is 19.8. The molecule has 1 saturated heterocycles. The molecule has 0 radical (unpaired) electrons. The Labute approximate surface area is 175 Å². The highest BCUT2D eigenvalue weighted by Crippen LogP contribution is 2.46. The molecule has 1 fully saturated rings. The number of alkyl halides is 3. The predicted molar refractivity (Wildman–Crippen MR) is 108 cm³/mol. The van der Waals surface area contributed by atoms with Crippen LogP contribution in [0.3, 0.4) is 0 Å². The number of nitrogens with zero attached hydrogens (tertiary/aromatic N) is 3. The molecule has 0 aliphatic carbocycles. The van der Waals surface area contributed by atoms with E-state index in [4.69, 9.17) is 5.10 Å². The SMILES string of the molecule is C[C@H]1C[C@H](n2nc(-c3ccnc4c3[C@H](C(F)(F)F)OC(=O)N4)c3ccccc32)CCN1. The number of nitrogens with one attached hydrogen (secondary N) is 2. The third-order valence-corrected chi connectivity index (χ3v) is 5.81. The lowest BCUT2D eigenvalue weighted by molar-refractivity contribution is -0.206. The summed E-state index contributed by atoms with van der Waals surface area (Å²) < 4.78 is 47.9. The van der Waals surface area contributed by atoms with Crippen molar-refractivity contribution in [2.24, 2.45) is 0 Å². The molecule has 2 aliphatic rings. The van der Waals surface area contributed by atoms with Gasteiger partial charge >= 0.3 is 12.3 Å². The van der Waals surface area contributed by atoms with Crippen LogP contribution < -0.4 is 10.6 Å². The fourth-order valence-corrected chi connectivity index (χ4v) is 4.46. The molecule has 10 heteroatoms. The van der Waals surface area contributed by atoms with Gasteiger partial charge in [0.1, 0.15) is 11.5 Å². The first-order valence-corrected chi connectivity index (χ1v) is 10.1. The number of pyridine rings is 1. The quantitative estimate of drug-likeness (QED) is 0.621. The number of rotatable bonds is 2. The van der Waals surface area contributed by atoms with Crippen LogP contribution in [-0.2, 0) is 4.74 Å². The van der Waals surface area contributed by atoms with Crippen molar-refractivity contribution in [3.63, 3.8) is 0 Å². The number of fused-ring (bicyclic) bond motifs is 2. The molecule has 0 bridgehead atoms. The van der Waals surface area contributed by atoms with Gasteiger partial charge in [0.15, 0.2) is 0 Å². The van der Waals surface area contributed by atoms with E-state index in [0.29, 0.717) is 11.7 Å². The smallest absolute Gasteiger partial charge is 0.430 e. The molecule has 0 unspecified atom stereocenters. The summed E-state index contributed by atoms with van der Waals surface area (Å²) >= 11 is 0. The summed E-state index contributed by atoms with van der Waals surface area (Å²) in [6.07, 6.45) is -5.28. The highest BCUT2D eigenvalue weighted by Gasteiger charge is 2.49. The summed E-state index contributed by atoms with van der Waals surface area (Å²) in [5, 5.41) is 11.2. The van der Waals surface area contributed by atoms with Crippen LogP contribution in [0.5, 0.6) is 0 Å². The number of hydrogen-bond donors (Lipinski definition) is 2. The molecule has 2 N–H and O–H groups in total. The Balaban J connectivity index is 1.71. The van der Waals surface area contributed by atoms with Crippen LogP contribution in [0.1, 0.15) is 37.5 Å². The average molecular weight is 431 g/mol. The van der Waals surface area contributed by atoms with Crippen LogP contribution in [-0.4, -0.2) is 39.6 Å². The number of para-hydroxylation sites is 1. The number of carbonyl (C=O) groups excluding carboxylic acids is 1. The summed E-state index contributed by atoms with van der Waals surface area (Å²) in [7, 11) is 0. The molecular weight excluding hydrogens is 411 g/mol. The maximum absolute atomic E-state index is 13.8. The molecule has 1 amide bonds. The molecule has 31 heavy (non-hydrogen) atoms. The number of hydrogen-bond acceptors (Lipinski definition) is 5. The normalized spacial score (nSPS) is 23.9. The summed E-state index contributed by atoms with van der Waals surface area (Å²) in [5.74, 6) is -0.162. The Bertz CT molecular complexity index is 1160. The molecule has 1 aromatic carbocycles. The molecule has 0 saturated carbocycles. The fraction of sp³-hybridized carbons (Fsp3) is 0.381. The number of ether oxygens (including phenoxy) is 1. The highest BCUT2D eigenvalue weighted by molar-refractivity contribution is 5.97. The van der Waals surface area contributed by atoms with E-state index in [9.17, 15) is 18.0 Å². The standard InChI is InChI=1S/C21H20F3N5O2/c1-11-10-12(6-8-25-11)29-15-5-3-2-4-13(15)17(28-29)14-7-9-26-19-16(14)18(21(22,23)24)31-20(30)27-19/h2-5,7,9,11-12,18,25H,6,8,10H2,1H3,(H,26,27,30)/t11-,12+,18+/m0/s1. The highest BCUT2D eigenvalue weighted by atomic mass is 19.4. The molecule has 3 atom stereocenters. The minimum atomic E-state index is -4.78. The first-order chi connectivity index (χ1) is 14.8. The summed E-state index contributed by atoms with van der Waals surface area (Å²) in [6, 6.07) is 9.42. The van der Waals surface area contributed by atoms with Gasteiger partial charge in [0.25, 0.3) is 0 Å². The number of carbonyl (C=O) groups is 1. The summed E-state index contributed by atoms with van der Waals surface area (Å²) in [6.45, 7) is 2.95. The Morgan fingerprint density at radius 1 is 1.23 bits per heavy atom. The molecule has 0 spiro atoms. The van der Waals surface area contributed by atoms with Crippen molar-refractivity contribution in [2.75, 3.05) is 11.9 Å². The zero-order valence-electron chi connectivity index (χ0n) is 16.6. The minimum absolute atomic E-state index is 0.127. The molecule has 162 valence electrons. The van der Waals surface area contributed by atoms with Crippen LogP contribution in [0.4, 0.5) is 23.8 Å². The zero-order chi connectivity index (χ0) is 21.8. The van der Waals surface area contributed by atoms with E-state index in [1.165, 1.54) is 12.3 Å². The molecule has 2 aromatic heterocycles. The summed E-state index contributed by atoms with van der Waals surface area (Å²) in [4.78, 5) is 15.6. The second-order valence-corrected chi connectivity index (χ2v) is 7.92. The van der Waals surface area contributed by atoms with Crippen LogP contribution in [0.15, 0.2) is 36.5 Å². The Morgan fingerprint density at radius 2 is 2.03 bits per heavy atom. The topological polar surface area (TPSA) is 81.1 Å². The lowest BCUT2D eigenvalue weighted by Gasteiger charge is -2.29. The number of anilines is 1. The van der Waals surface area contributed by atoms with E-state index in [2.05, 4.69) is 27.3 Å². The number of piperidine rings is 1. The van der Waals surface area contributed by atoms with Gasteiger partial charge < -0.3 is 10.1 Å². The second kappa shape index (κ2) is 7.23. The number of benzene rings is 1. The fourth-order valence-electron chi connectivity index (χ4n) is 4.46. The third kappa shape index (κ3) is 3.40. The predicted octanol–water partition coefficient (Wildman–Crippen LogP) is 4.58. The van der Waals surface area contributed by atoms with Gasteiger partial charge in [0.2, 0.25) is 6.10 Å². The van der Waals surface area contributed by atoms with Crippen molar-refractivity contribution < 1.29 is 22.7 Å². The van der Waals surface area contributed by atoms with E-state index in [1.807, 2.05) is 28.9 Å². The van der Waals surface area contributed by atoms with Crippen molar-refractivity contribution in [2.45, 2.75) is 44.1 Å². The van der Waals surface area contributed by atoms with Crippen LogP contribution in [0.25, 0.3) is 22.2 Å². The Kier molecular flexibility index (Phi) is 4.62. The molecule has 2 aliphatic heterocycles. The maximum atomic E-state index is 13.8. The molecule has 4 heterocycles. The Morgan fingerprint density at radius 3 is 2.81 bits per heavy atom. The van der Waals surface area contributed by atoms with Crippen LogP contribution in [0, 0.1) is 0 Å². The molecule has 5 rings (SSSR count). The molecule has 7 nitrogen and oxygen atoms in total. The Hall–Kier alpha value is -3.14. The van der Waals surface area contributed by atoms with Gasteiger partial charge in [0, 0.05) is 23.2 Å². The molecule has 3 aromatic rings. The number of amides is 1. The van der Waals surface area contributed by atoms with Gasteiger partial charge in [-0.3, -0.25) is 10.00 Å². The van der Waals surface area contributed by atoms with Gasteiger partial charge in [-0.1, -0.05) is 18.2 Å². The third-order valence-electron chi connectivity index (χ3n) is 5.81. The number of halogens is 3. The van der Waals surface area contributed by atoms with Crippen molar-refractivity contribution in [1.29, 1.82) is 0 Å². The van der Waals surface area contributed by atoms with Gasteiger partial charge in [-0.2, -0.15) is 18.3 Å². The van der Waals surface area contributed by atoms with Crippen LogP contribution >= 0.6 is 0 Å². The average Bonchev–Trinajstić information content (AvgIpc) is 3.11. The van der Waals surface area contributed by atoms with Gasteiger partial charge in [-0.05, 0) is 38.4 Å². The van der Waals surface area contributed by atoms with E-state index >= 15 is 0 Å². The van der Waals surface area contributed by atoms with E-state index in [1.54, 1.807) is 0 Å². The van der Waals surface area contributed by atoms with Gasteiger partial charge in [-0.15, -0.1) is 0 Å². The largest absolute Gasteiger partial charge is 0.431 e. The van der Waals surface area contributed by atoms with E-state index in [0.717, 1.165) is 30.3 Å². The number of cyclic esters (lactones) is 1. The lowest BCUT2D eigenvalue weighted by Crippen LogP contribution is -2.37. The van der Waals surface area contributed by atoms with Crippen LogP contribution in [0.2, 0.25) is 0 Å². The van der Waals surface area contributed by atoms with Crippen molar-refractivity contribution >= 4 is 22.8 Å². The van der Waals surface area contributed by atoms with Gasteiger partial charge in [-0.25, -0.2) is 9.78 Å². The minimum Gasteiger partial charge on any atom is -0.431 e. The molecular formula is C21H20F3N5O2. The second-order valence-electron chi connectivity index (χ2n) is 7.92. The van der Waals surface area contributed by atoms with Gasteiger partial charge in [0.05, 0.1) is 17.1 Å². The van der Waals surface area contributed by atoms with Crippen molar-refractivity contribution in [1.82, 2.24) is 20.1 Å². The van der Waals surface area contributed by atoms with Crippen molar-refractivity contribution in [3.05, 3.63) is 42.1 Å². The maximum Gasteiger partial charge on any atom is 0.430 e. The zero-order valence-corrected chi connectivity index (χ0v) is 16.6. The lowest BCUT2D eigenvalue weighted by atomic mass is 9.97. The number of aromatic nitrogens is 3. The van der Waals surface area contributed by atoms with E-state index in [-0.39, 0.29) is 23.0 Å². The van der Waals surface area contributed by atoms with Crippen molar-refractivity contribution in [3.8, 4) is 11.3 Å².